The zero-order valence-electron chi connectivity index (χ0n) is 18.5. The van der Waals surface area contributed by atoms with E-state index in [0.717, 1.165) is 12.0 Å². The van der Waals surface area contributed by atoms with Crippen molar-refractivity contribution in [2.24, 2.45) is 23.2 Å². The summed E-state index contributed by atoms with van der Waals surface area (Å²) in [5.74, 6) is 1.87. The van der Waals surface area contributed by atoms with Crippen LogP contribution in [0.3, 0.4) is 0 Å². The highest BCUT2D eigenvalue weighted by Gasteiger charge is 2.50. The molecule has 3 heteroatoms. The number of aliphatic hydroxyl groups excluding tert-OH is 3. The Hall–Kier alpha value is -1.16. The molecule has 3 rings (SSSR count). The molecule has 29 heavy (non-hydrogen) atoms. The summed E-state index contributed by atoms with van der Waals surface area (Å²) >= 11 is 0. The smallest absolute Gasteiger partial charge is 0.0809 e. The molecule has 3 unspecified atom stereocenters. The Morgan fingerprint density at radius 2 is 1.83 bits per heavy atom. The number of fused-ring (bicyclic) bond motifs is 1. The molecule has 3 aliphatic carbocycles. The van der Waals surface area contributed by atoms with E-state index in [2.05, 4.69) is 44.7 Å². The van der Waals surface area contributed by atoms with Crippen molar-refractivity contribution in [1.29, 1.82) is 0 Å². The summed E-state index contributed by atoms with van der Waals surface area (Å²) < 4.78 is 0. The van der Waals surface area contributed by atoms with E-state index in [1.165, 1.54) is 32.1 Å². The van der Waals surface area contributed by atoms with E-state index in [1.54, 1.807) is 5.57 Å². The highest BCUT2D eigenvalue weighted by Crippen LogP contribution is 2.59. The molecule has 0 radical (unpaired) electrons. The Labute approximate surface area is 176 Å². The Balaban J connectivity index is 1.72. The van der Waals surface area contributed by atoms with Crippen LogP contribution in [-0.2, 0) is 0 Å². The molecule has 0 aromatic rings. The van der Waals surface area contributed by atoms with Crippen LogP contribution in [0.15, 0.2) is 47.6 Å². The van der Waals surface area contributed by atoms with Crippen molar-refractivity contribution in [1.82, 2.24) is 0 Å². The highest BCUT2D eigenvalue weighted by atomic mass is 16.3. The number of rotatable bonds is 5. The molecule has 0 aromatic carbocycles. The van der Waals surface area contributed by atoms with Gasteiger partial charge in [-0.05, 0) is 87.0 Å². The maximum atomic E-state index is 10.1. The summed E-state index contributed by atoms with van der Waals surface area (Å²) in [4.78, 5) is 0. The molecule has 0 aromatic heterocycles. The van der Waals surface area contributed by atoms with Gasteiger partial charge in [0, 0.05) is 0 Å². The monoisotopic (exact) mass is 400 g/mol. The maximum absolute atomic E-state index is 10.1. The molecular formula is C26H40O3. The number of allylic oxidation sites excluding steroid dienone is 4. The van der Waals surface area contributed by atoms with E-state index in [4.69, 9.17) is 0 Å². The first-order valence-electron chi connectivity index (χ1n) is 11.5. The fraction of sp³-hybridized carbons (Fsp3) is 0.692. The average molecular weight is 401 g/mol. The van der Waals surface area contributed by atoms with Crippen molar-refractivity contribution < 1.29 is 15.3 Å². The average Bonchev–Trinajstić information content (AvgIpc) is 3.01. The van der Waals surface area contributed by atoms with Crippen LogP contribution in [0.2, 0.25) is 0 Å². The minimum absolute atomic E-state index is 0.267. The van der Waals surface area contributed by atoms with Crippen molar-refractivity contribution >= 4 is 0 Å². The van der Waals surface area contributed by atoms with Gasteiger partial charge in [-0.2, -0.15) is 0 Å². The molecule has 0 aliphatic heterocycles. The van der Waals surface area contributed by atoms with Crippen LogP contribution in [0.25, 0.3) is 0 Å². The second-order valence-corrected chi connectivity index (χ2v) is 10.0. The van der Waals surface area contributed by atoms with Crippen LogP contribution in [0.4, 0.5) is 0 Å². The Morgan fingerprint density at radius 1 is 1.14 bits per heavy atom. The molecule has 0 amide bonds. The van der Waals surface area contributed by atoms with Gasteiger partial charge in [-0.3, -0.25) is 0 Å². The first-order chi connectivity index (χ1) is 13.7. The van der Waals surface area contributed by atoms with E-state index in [1.807, 2.05) is 6.92 Å². The van der Waals surface area contributed by atoms with Gasteiger partial charge in [0.15, 0.2) is 0 Å². The molecule has 3 nitrogen and oxygen atoms in total. The van der Waals surface area contributed by atoms with E-state index in [0.29, 0.717) is 41.6 Å². The topological polar surface area (TPSA) is 60.7 Å². The lowest BCUT2D eigenvalue weighted by Crippen LogP contribution is -2.35. The second kappa shape index (κ2) is 9.32. The van der Waals surface area contributed by atoms with Crippen molar-refractivity contribution in [3.8, 4) is 0 Å². The van der Waals surface area contributed by atoms with Crippen LogP contribution in [0.5, 0.6) is 0 Å². The first kappa shape index (κ1) is 22.5. The number of hydrogen-bond donors (Lipinski definition) is 3. The minimum atomic E-state index is -0.620. The molecule has 7 atom stereocenters. The van der Waals surface area contributed by atoms with Crippen LogP contribution in [0, 0.1) is 23.2 Å². The summed E-state index contributed by atoms with van der Waals surface area (Å²) in [6.45, 7) is 10.5. The standard InChI is InChI=1S/C26H40O3/c1-17(7-5-8-18(2)27)22-12-13-23-21(9-6-14-26(22,23)4)11-10-20-15-24(28)19(3)25(29)16-20/h5,7,10-11,17-18,22-25,27-29H,3,6,8-9,12-16H2,1-2,4H3/b7-5+,21-11+/t17?,18-,22?,23?,24+,25+,26+/m0/s1. The third kappa shape index (κ3) is 4.95. The summed E-state index contributed by atoms with van der Waals surface area (Å²) in [5.41, 5.74) is 3.58. The zero-order valence-corrected chi connectivity index (χ0v) is 18.5. The summed E-state index contributed by atoms with van der Waals surface area (Å²) in [5, 5.41) is 29.7. The molecule has 3 fully saturated rings. The normalized spacial score (nSPS) is 39.0. The molecule has 0 spiro atoms. The molecule has 162 valence electrons. The number of hydrogen-bond acceptors (Lipinski definition) is 3. The summed E-state index contributed by atoms with van der Waals surface area (Å²) in [6.07, 6.45) is 15.6. The molecule has 3 N–H and O–H groups in total. The Kier molecular flexibility index (Phi) is 7.24. The summed E-state index contributed by atoms with van der Waals surface area (Å²) in [6, 6.07) is 0. The maximum Gasteiger partial charge on any atom is 0.0809 e. The molecular weight excluding hydrogens is 360 g/mol. The van der Waals surface area contributed by atoms with E-state index in [9.17, 15) is 15.3 Å². The lowest BCUT2D eigenvalue weighted by molar-refractivity contribution is 0.112. The van der Waals surface area contributed by atoms with Crippen LogP contribution < -0.4 is 0 Å². The molecule has 3 saturated carbocycles. The molecule has 0 saturated heterocycles. The fourth-order valence-electron chi connectivity index (χ4n) is 6.19. The predicted octanol–water partition coefficient (Wildman–Crippen LogP) is 5.09. The van der Waals surface area contributed by atoms with Gasteiger partial charge < -0.3 is 15.3 Å². The van der Waals surface area contributed by atoms with Gasteiger partial charge in [-0.15, -0.1) is 0 Å². The summed E-state index contributed by atoms with van der Waals surface area (Å²) in [7, 11) is 0. The van der Waals surface area contributed by atoms with Crippen molar-refractivity contribution in [2.45, 2.75) is 90.4 Å². The predicted molar refractivity (Wildman–Crippen MR) is 119 cm³/mol. The lowest BCUT2D eigenvalue weighted by atomic mass is 9.61. The van der Waals surface area contributed by atoms with Gasteiger partial charge in [0.1, 0.15) is 0 Å². The van der Waals surface area contributed by atoms with Crippen LogP contribution in [0.1, 0.15) is 72.1 Å². The van der Waals surface area contributed by atoms with Gasteiger partial charge in [0.05, 0.1) is 18.3 Å². The lowest BCUT2D eigenvalue weighted by Gasteiger charge is -2.44. The Bertz CT molecular complexity index is 670. The van der Waals surface area contributed by atoms with E-state index >= 15 is 0 Å². The fourth-order valence-corrected chi connectivity index (χ4v) is 6.19. The zero-order chi connectivity index (χ0) is 21.2. The SMILES string of the molecule is C=C1[C@H](O)CC(=C/C=C2\CCC[C@@]3(C)C2CCC3C(C)/C=C/C[C@H](C)O)C[C@H]1O. The van der Waals surface area contributed by atoms with E-state index in [-0.39, 0.29) is 6.10 Å². The van der Waals surface area contributed by atoms with Crippen molar-refractivity contribution in [2.75, 3.05) is 0 Å². The second-order valence-electron chi connectivity index (χ2n) is 10.0. The quantitative estimate of drug-likeness (QED) is 0.563. The third-order valence-electron chi connectivity index (χ3n) is 7.89. The van der Waals surface area contributed by atoms with Crippen LogP contribution in [-0.4, -0.2) is 33.6 Å². The van der Waals surface area contributed by atoms with Crippen molar-refractivity contribution in [3.05, 3.63) is 47.6 Å². The van der Waals surface area contributed by atoms with Gasteiger partial charge in [-0.25, -0.2) is 0 Å². The van der Waals surface area contributed by atoms with Gasteiger partial charge >= 0.3 is 0 Å². The van der Waals surface area contributed by atoms with Gasteiger partial charge in [-0.1, -0.05) is 55.9 Å². The molecule has 0 bridgehead atoms. The van der Waals surface area contributed by atoms with Gasteiger partial charge in [0.2, 0.25) is 0 Å². The van der Waals surface area contributed by atoms with Crippen molar-refractivity contribution in [3.63, 3.8) is 0 Å². The van der Waals surface area contributed by atoms with E-state index < -0.39 is 12.2 Å². The minimum Gasteiger partial charge on any atom is -0.393 e. The van der Waals surface area contributed by atoms with Crippen LogP contribution >= 0.6 is 0 Å². The molecule has 3 aliphatic rings. The highest BCUT2D eigenvalue weighted by molar-refractivity contribution is 5.29. The third-order valence-corrected chi connectivity index (χ3v) is 7.89. The molecule has 0 heterocycles. The number of aliphatic hydroxyl groups is 3. The first-order valence-corrected chi connectivity index (χ1v) is 11.5. The largest absolute Gasteiger partial charge is 0.393 e. The Morgan fingerprint density at radius 3 is 2.48 bits per heavy atom. The van der Waals surface area contributed by atoms with Gasteiger partial charge in [0.25, 0.3) is 0 Å².